The van der Waals surface area contributed by atoms with Crippen molar-refractivity contribution in [2.75, 3.05) is 23.7 Å². The van der Waals surface area contributed by atoms with Crippen LogP contribution in [0.4, 0.5) is 37.7 Å². The summed E-state index contributed by atoms with van der Waals surface area (Å²) in [6, 6.07) is 15.2. The van der Waals surface area contributed by atoms with E-state index >= 15 is 0 Å². The van der Waals surface area contributed by atoms with Crippen LogP contribution in [0.1, 0.15) is 60.2 Å². The van der Waals surface area contributed by atoms with Gasteiger partial charge in [0.1, 0.15) is 17.3 Å². The largest absolute Gasteiger partial charge is 0.352 e. The molecule has 6 N–H and O–H groups in total. The van der Waals surface area contributed by atoms with Crippen molar-refractivity contribution < 1.29 is 55.1 Å². The van der Waals surface area contributed by atoms with E-state index in [-0.39, 0.29) is 70.2 Å². The van der Waals surface area contributed by atoms with Crippen molar-refractivity contribution in [3.63, 3.8) is 0 Å². The predicted octanol–water partition coefficient (Wildman–Crippen LogP) is 9.07. The summed E-state index contributed by atoms with van der Waals surface area (Å²) in [4.78, 5) is 97.8. The third-order valence-corrected chi connectivity index (χ3v) is 12.5. The van der Waals surface area contributed by atoms with E-state index < -0.39 is 64.0 Å². The van der Waals surface area contributed by atoms with E-state index in [1.54, 1.807) is 61.1 Å². The number of H-pyrrole nitrogens is 2. The first-order valence-corrected chi connectivity index (χ1v) is 24.8. The molecule has 24 heteroatoms. The molecule has 4 aromatic carbocycles. The zero-order chi connectivity index (χ0) is 57.9. The predicted molar refractivity (Wildman–Crippen MR) is 289 cm³/mol. The number of aromatic nitrogens is 5. The summed E-state index contributed by atoms with van der Waals surface area (Å²) in [5.74, 6) is -11.2. The number of allylic oxidation sites excluding steroid dienone is 3. The Bertz CT molecular complexity index is 3810. The molecule has 0 bridgehead atoms. The van der Waals surface area contributed by atoms with Gasteiger partial charge in [-0.05, 0) is 88.5 Å². The molecule has 10 rings (SSSR count). The van der Waals surface area contributed by atoms with Crippen molar-refractivity contribution in [2.24, 2.45) is 5.92 Å². The average Bonchev–Trinajstić information content (AvgIpc) is 4.50. The van der Waals surface area contributed by atoms with Gasteiger partial charge in [0.25, 0.3) is 17.4 Å². The highest BCUT2D eigenvalue weighted by molar-refractivity contribution is 6.35. The first-order valence-electron chi connectivity index (χ1n) is 24.1. The Kier molecular flexibility index (Phi) is 18.4. The molecule has 5 heterocycles. The first kappa shape index (κ1) is 57.5. The molecule has 81 heavy (non-hydrogen) atoms. The van der Waals surface area contributed by atoms with Crippen LogP contribution in [0.2, 0.25) is 5.02 Å². The molecule has 0 spiro atoms. The number of nitrogens with zero attached hydrogens (tertiary/aromatic N) is 3. The molecule has 0 fully saturated rings. The minimum absolute atomic E-state index is 0.0239. The molecular weight excluding hydrogens is 1110 g/mol. The maximum atomic E-state index is 13.6. The summed E-state index contributed by atoms with van der Waals surface area (Å²) in [6.45, 7) is -0.141. The molecule has 4 amide bonds. The van der Waals surface area contributed by atoms with Crippen molar-refractivity contribution >= 4 is 94.1 Å². The summed E-state index contributed by atoms with van der Waals surface area (Å²) in [5, 5.41) is 11.0. The lowest BCUT2D eigenvalue weighted by atomic mass is 9.88. The summed E-state index contributed by atoms with van der Waals surface area (Å²) in [7, 11) is 0. The third-order valence-electron chi connectivity index (χ3n) is 12.1. The molecular formula is C57H41Cl2F6N9O7. The van der Waals surface area contributed by atoms with Crippen LogP contribution in [0.3, 0.4) is 0 Å². The van der Waals surface area contributed by atoms with Gasteiger partial charge < -0.3 is 35.8 Å². The summed E-state index contributed by atoms with van der Waals surface area (Å²) in [5.41, 5.74) is 4.18. The molecule has 2 aliphatic heterocycles. The summed E-state index contributed by atoms with van der Waals surface area (Å²) >= 11 is 12.1. The number of carbonyl (C=O) groups is 6. The highest BCUT2D eigenvalue weighted by atomic mass is 35.5. The number of Topliss-reactive ketones (excluding diaryl/α,β-unsaturated/α-hetero) is 1. The zero-order valence-corrected chi connectivity index (χ0v) is 43.2. The summed E-state index contributed by atoms with van der Waals surface area (Å²) < 4.78 is 81.6. The molecule has 0 radical (unpaired) electrons. The third kappa shape index (κ3) is 14.5. The van der Waals surface area contributed by atoms with E-state index in [4.69, 9.17) is 23.2 Å². The maximum Gasteiger partial charge on any atom is 0.263 e. The Balaban J connectivity index is 0.000000191. The topological polar surface area (TPSA) is 230 Å². The zero-order valence-electron chi connectivity index (χ0n) is 41.7. The number of fused-ring (bicyclic) bond motifs is 2. The molecule has 3 aliphatic rings. The first-order chi connectivity index (χ1) is 38.8. The van der Waals surface area contributed by atoms with Crippen molar-refractivity contribution in [1.82, 2.24) is 35.1 Å². The van der Waals surface area contributed by atoms with Crippen LogP contribution in [0, 0.1) is 40.8 Å². The Morgan fingerprint density at radius 3 is 1.95 bits per heavy atom. The van der Waals surface area contributed by atoms with Crippen molar-refractivity contribution in [3.8, 4) is 0 Å². The fourth-order valence-electron chi connectivity index (χ4n) is 8.29. The van der Waals surface area contributed by atoms with Gasteiger partial charge >= 0.3 is 0 Å². The number of benzene rings is 4. The number of aldehydes is 1. The van der Waals surface area contributed by atoms with Crippen LogP contribution >= 0.6 is 23.2 Å². The van der Waals surface area contributed by atoms with Gasteiger partial charge in [-0.1, -0.05) is 71.8 Å². The molecule has 7 aromatic rings. The lowest BCUT2D eigenvalue weighted by Gasteiger charge is -2.18. The molecule has 1 unspecified atom stereocenters. The van der Waals surface area contributed by atoms with Crippen LogP contribution < -0.4 is 26.8 Å². The molecule has 16 nitrogen and oxygen atoms in total. The van der Waals surface area contributed by atoms with Crippen LogP contribution in [-0.2, 0) is 38.6 Å². The molecule has 412 valence electrons. The number of hydrogen-bond donors (Lipinski definition) is 6. The standard InChI is InChI=1S/C28H19ClF3N5O3.C25H18ClF3N2O3.C4H4N2O/c29-17-11-20(28(40)37(14-17)13-16-8-21(30)25(32)22(31)9-16)26(38)35-5-1-2-15-3-4-18-19(12-24-33-6-7-34-24)27(39)36-23(18)10-15;26-17-10-16(6-14-7-19(27)23(29)20(28)8-14)24(33)18(12-17)25(34)30-5-1-2-13-3-4-15-11-22(32)31-21(15)9-13;7-3-4-5-1-2-6-4/h1-4,6-12,14H,5,13H2,(H,33,34)(H,35,38)(H,36,39);1-4,7-10,12,18H,5-6,11H2,(H,30,34)(H,31,32);1-3H,(H,5,6)/b2-1+,19-12-;2-1+;. The molecule has 0 saturated carbocycles. The van der Waals surface area contributed by atoms with Gasteiger partial charge in [-0.2, -0.15) is 0 Å². The number of hydrogen-bond acceptors (Lipinski definition) is 9. The Morgan fingerprint density at radius 2 is 1.33 bits per heavy atom. The lowest BCUT2D eigenvalue weighted by molar-refractivity contribution is -0.130. The van der Waals surface area contributed by atoms with E-state index in [2.05, 4.69) is 41.2 Å². The van der Waals surface area contributed by atoms with Gasteiger partial charge in [0.05, 0.1) is 23.6 Å². The number of halogens is 8. The number of anilines is 2. The van der Waals surface area contributed by atoms with E-state index in [1.165, 1.54) is 30.6 Å². The SMILES string of the molecule is O=C1Cc2ccc(/C=C/CNC(=O)C3C=C(Cl)C=C(Cc4cc(F)c(F)c(F)c4)C3=O)cc2N1.O=C1Nc2cc(/C=C/CNC(=O)c3cc(Cl)cn(Cc4cc(F)c(F)c(F)c4)c3=O)ccc2/C1=C/c1ncc[nH]1.O=Cc1ncc[nH]1. The second-order valence-corrected chi connectivity index (χ2v) is 18.6. The number of rotatable bonds is 14. The van der Waals surface area contributed by atoms with Crippen molar-refractivity contribution in [2.45, 2.75) is 19.4 Å². The molecule has 0 saturated heterocycles. The van der Waals surface area contributed by atoms with Crippen LogP contribution in [0.5, 0.6) is 0 Å². The Labute approximate surface area is 465 Å². The quantitative estimate of drug-likeness (QED) is 0.0200. The Morgan fingerprint density at radius 1 is 0.728 bits per heavy atom. The van der Waals surface area contributed by atoms with Gasteiger partial charge in [0.2, 0.25) is 11.8 Å². The number of pyridine rings is 1. The maximum absolute atomic E-state index is 13.6. The fraction of sp³-hybridized carbons (Fsp3) is 0.105. The van der Waals surface area contributed by atoms with Gasteiger partial charge in [0, 0.05) is 78.0 Å². The van der Waals surface area contributed by atoms with Gasteiger partial charge in [0.15, 0.2) is 52.8 Å². The van der Waals surface area contributed by atoms with Gasteiger partial charge in [-0.25, -0.2) is 36.3 Å². The van der Waals surface area contributed by atoms with Gasteiger partial charge in [-0.3, -0.25) is 33.6 Å². The van der Waals surface area contributed by atoms with Crippen molar-refractivity contribution in [3.05, 3.63) is 233 Å². The smallest absolute Gasteiger partial charge is 0.263 e. The number of carbonyl (C=O) groups excluding carboxylic acids is 6. The average molecular weight is 1150 g/mol. The number of ketones is 1. The minimum atomic E-state index is -1.62. The number of nitrogens with one attached hydrogen (secondary N) is 6. The number of imidazole rings is 2. The normalized spacial score (nSPS) is 14.7. The van der Waals surface area contributed by atoms with Crippen LogP contribution in [0.15, 0.2) is 137 Å². The van der Waals surface area contributed by atoms with Crippen LogP contribution in [-0.4, -0.2) is 73.3 Å². The highest BCUT2D eigenvalue weighted by Gasteiger charge is 2.31. The van der Waals surface area contributed by atoms with E-state index in [0.29, 0.717) is 35.6 Å². The second kappa shape index (κ2) is 25.9. The molecule has 3 aromatic heterocycles. The Hall–Kier alpha value is -9.67. The van der Waals surface area contributed by atoms with E-state index in [0.717, 1.165) is 56.8 Å². The van der Waals surface area contributed by atoms with Crippen LogP contribution in [0.25, 0.3) is 23.8 Å². The van der Waals surface area contributed by atoms with Gasteiger partial charge in [-0.15, -0.1) is 0 Å². The second-order valence-electron chi connectivity index (χ2n) is 17.8. The minimum Gasteiger partial charge on any atom is -0.352 e. The lowest BCUT2D eigenvalue weighted by Crippen LogP contribution is -2.36. The monoisotopic (exact) mass is 1150 g/mol. The summed E-state index contributed by atoms with van der Waals surface area (Å²) in [6.07, 6.45) is 19.5. The van der Waals surface area contributed by atoms with E-state index in [1.807, 2.05) is 24.3 Å². The number of amides is 4. The molecule has 1 atom stereocenters. The molecule has 1 aliphatic carbocycles. The van der Waals surface area contributed by atoms with Crippen molar-refractivity contribution in [1.29, 1.82) is 0 Å². The van der Waals surface area contributed by atoms with E-state index in [9.17, 15) is 59.9 Å². The number of aromatic amines is 2. The fourth-order valence-corrected chi connectivity index (χ4v) is 8.78. The highest BCUT2D eigenvalue weighted by Crippen LogP contribution is 2.34.